The Kier molecular flexibility index (Phi) is 4.57. The molecule has 0 aliphatic heterocycles. The number of nitrogens with zero attached hydrogens (tertiary/aromatic N) is 1. The van der Waals surface area contributed by atoms with E-state index < -0.39 is 0 Å². The molecule has 0 radical (unpaired) electrons. The summed E-state index contributed by atoms with van der Waals surface area (Å²) in [5.74, 6) is 0.691. The van der Waals surface area contributed by atoms with Crippen LogP contribution >= 0.6 is 0 Å². The fraction of sp³-hybridized carbons (Fsp3) is 0.545. The quantitative estimate of drug-likeness (QED) is 0.595. The highest BCUT2D eigenvalue weighted by Gasteiger charge is 2.02. The average Bonchev–Trinajstić information content (AvgIpc) is 2.05. The van der Waals surface area contributed by atoms with Gasteiger partial charge in [0, 0.05) is 12.1 Å². The fourth-order valence-corrected chi connectivity index (χ4v) is 1.08. The molecule has 0 aliphatic carbocycles. The van der Waals surface area contributed by atoms with Gasteiger partial charge < -0.3 is 0 Å². The van der Waals surface area contributed by atoms with Gasteiger partial charge in [-0.3, -0.25) is 0 Å². The van der Waals surface area contributed by atoms with E-state index in [4.69, 9.17) is 0 Å². The highest BCUT2D eigenvalue weighted by Crippen LogP contribution is 2.15. The van der Waals surface area contributed by atoms with Crippen LogP contribution in [-0.4, -0.2) is 0 Å². The number of rotatable bonds is 2. The predicted octanol–water partition coefficient (Wildman–Crippen LogP) is 2.66. The van der Waals surface area contributed by atoms with Crippen molar-refractivity contribution in [2.45, 2.75) is 33.6 Å². The zero-order valence-corrected chi connectivity index (χ0v) is 7.54. The van der Waals surface area contributed by atoms with Crippen molar-refractivity contribution in [3.63, 3.8) is 0 Å². The topological polar surface area (TPSA) is 3.88 Å². The lowest BCUT2D eigenvalue weighted by Gasteiger charge is -2.05. The summed E-state index contributed by atoms with van der Waals surface area (Å²) in [5.41, 5.74) is 1.44. The molecule has 12 heavy (non-hydrogen) atoms. The summed E-state index contributed by atoms with van der Waals surface area (Å²) in [6, 6.07) is 4.38. The van der Waals surface area contributed by atoms with Crippen molar-refractivity contribution >= 4 is 0 Å². The number of aromatic nitrogens is 1. The Labute approximate surface area is 76.1 Å². The molecule has 1 heterocycles. The van der Waals surface area contributed by atoms with Crippen LogP contribution < -0.4 is 4.57 Å². The molecule has 0 amide bonds. The van der Waals surface area contributed by atoms with Gasteiger partial charge in [-0.1, -0.05) is 21.3 Å². The minimum Gasteiger partial charge on any atom is -0.208 e. The molecule has 1 nitrogen and oxygen atoms in total. The van der Waals surface area contributed by atoms with Crippen molar-refractivity contribution < 1.29 is 4.57 Å². The van der Waals surface area contributed by atoms with Crippen molar-refractivity contribution in [3.8, 4) is 0 Å². The third-order valence-corrected chi connectivity index (χ3v) is 2.19. The molecule has 0 aromatic carbocycles. The Balaban J connectivity index is 0.00000121. The molecule has 1 aromatic rings. The van der Waals surface area contributed by atoms with Gasteiger partial charge in [-0.25, -0.2) is 4.57 Å². The van der Waals surface area contributed by atoms with Crippen LogP contribution in [0.2, 0.25) is 0 Å². The molecule has 1 atom stereocenters. The number of hydrogen-bond donors (Lipinski definition) is 0. The number of aryl methyl sites for hydroxylation is 1. The third kappa shape index (κ3) is 2.65. The minimum atomic E-state index is 0. The fourth-order valence-electron chi connectivity index (χ4n) is 1.08. The molecule has 0 spiro atoms. The third-order valence-electron chi connectivity index (χ3n) is 2.19. The highest BCUT2D eigenvalue weighted by molar-refractivity contribution is 5.12. The molecule has 0 N–H and O–H groups in total. The molecule has 0 saturated heterocycles. The first-order valence-electron chi connectivity index (χ1n) is 4.19. The molecule has 0 aliphatic rings. The van der Waals surface area contributed by atoms with E-state index in [1.165, 1.54) is 12.0 Å². The van der Waals surface area contributed by atoms with Crippen molar-refractivity contribution in [3.05, 3.63) is 30.1 Å². The lowest BCUT2D eigenvalue weighted by molar-refractivity contribution is -0.671. The maximum atomic E-state index is 2.26. The van der Waals surface area contributed by atoms with Crippen molar-refractivity contribution in [1.29, 1.82) is 0 Å². The Morgan fingerprint density at radius 1 is 1.33 bits per heavy atom. The maximum Gasteiger partial charge on any atom is 0.168 e. The number of pyridine rings is 1. The average molecular weight is 166 g/mol. The zero-order chi connectivity index (χ0) is 8.27. The van der Waals surface area contributed by atoms with Crippen LogP contribution in [0.5, 0.6) is 0 Å². The van der Waals surface area contributed by atoms with Crippen LogP contribution in [0.3, 0.4) is 0 Å². The zero-order valence-electron chi connectivity index (χ0n) is 7.54. The van der Waals surface area contributed by atoms with Gasteiger partial charge in [-0.2, -0.15) is 0 Å². The lowest BCUT2D eigenvalue weighted by Crippen LogP contribution is -2.26. The van der Waals surface area contributed by atoms with E-state index in [2.05, 4.69) is 42.9 Å². The standard InChI is InChI=1S/C10H16N.CH4/c1-4-9(2)10-5-7-11(3)8-6-10;/h5-9H,4H2,1-3H3;1H4/q+1;. The largest absolute Gasteiger partial charge is 0.208 e. The van der Waals surface area contributed by atoms with E-state index in [1.54, 1.807) is 0 Å². The first-order chi connectivity index (χ1) is 5.24. The van der Waals surface area contributed by atoms with Crippen LogP contribution in [0.25, 0.3) is 0 Å². The Morgan fingerprint density at radius 3 is 2.25 bits per heavy atom. The Bertz CT molecular complexity index is 213. The van der Waals surface area contributed by atoms with Gasteiger partial charge in [0.15, 0.2) is 12.4 Å². The summed E-state index contributed by atoms with van der Waals surface area (Å²) in [4.78, 5) is 0. The van der Waals surface area contributed by atoms with Crippen LogP contribution in [-0.2, 0) is 7.05 Å². The summed E-state index contributed by atoms with van der Waals surface area (Å²) >= 11 is 0. The molecule has 1 aromatic heterocycles. The maximum absolute atomic E-state index is 2.26. The smallest absolute Gasteiger partial charge is 0.168 e. The second-order valence-corrected chi connectivity index (χ2v) is 3.11. The molecule has 0 fully saturated rings. The van der Waals surface area contributed by atoms with E-state index in [1.807, 2.05) is 7.05 Å². The van der Waals surface area contributed by atoms with E-state index in [0.29, 0.717) is 5.92 Å². The Hall–Kier alpha value is -0.850. The van der Waals surface area contributed by atoms with Gasteiger partial charge in [0.1, 0.15) is 7.05 Å². The summed E-state index contributed by atoms with van der Waals surface area (Å²) in [6.45, 7) is 4.48. The SMILES string of the molecule is C.CCC(C)c1cc[n+](C)cc1. The van der Waals surface area contributed by atoms with Crippen LogP contribution in [0.1, 0.15) is 39.2 Å². The van der Waals surface area contributed by atoms with Crippen LogP contribution in [0, 0.1) is 0 Å². The van der Waals surface area contributed by atoms with Gasteiger partial charge in [-0.05, 0) is 17.9 Å². The van der Waals surface area contributed by atoms with Gasteiger partial charge in [0.2, 0.25) is 0 Å². The summed E-state index contributed by atoms with van der Waals surface area (Å²) in [5, 5.41) is 0. The Morgan fingerprint density at radius 2 is 1.83 bits per heavy atom. The predicted molar refractivity (Wildman–Crippen MR) is 53.1 cm³/mol. The highest BCUT2D eigenvalue weighted by atomic mass is 14.9. The summed E-state index contributed by atoms with van der Waals surface area (Å²) < 4.78 is 2.06. The van der Waals surface area contributed by atoms with Crippen LogP contribution in [0.4, 0.5) is 0 Å². The van der Waals surface area contributed by atoms with Gasteiger partial charge >= 0.3 is 0 Å². The van der Waals surface area contributed by atoms with Crippen molar-refractivity contribution in [1.82, 2.24) is 0 Å². The first-order valence-corrected chi connectivity index (χ1v) is 4.19. The minimum absolute atomic E-state index is 0. The molecule has 1 rings (SSSR count). The second-order valence-electron chi connectivity index (χ2n) is 3.11. The molecule has 68 valence electrons. The molecule has 1 unspecified atom stereocenters. The summed E-state index contributed by atoms with van der Waals surface area (Å²) in [6.07, 6.45) is 5.41. The van der Waals surface area contributed by atoms with Crippen LogP contribution in [0.15, 0.2) is 24.5 Å². The van der Waals surface area contributed by atoms with Gasteiger partial charge in [-0.15, -0.1) is 0 Å². The van der Waals surface area contributed by atoms with E-state index in [0.717, 1.165) is 0 Å². The molecular weight excluding hydrogens is 146 g/mol. The number of hydrogen-bond acceptors (Lipinski definition) is 0. The van der Waals surface area contributed by atoms with Crippen molar-refractivity contribution in [2.24, 2.45) is 7.05 Å². The first kappa shape index (κ1) is 11.2. The van der Waals surface area contributed by atoms with E-state index in [-0.39, 0.29) is 7.43 Å². The van der Waals surface area contributed by atoms with Crippen molar-refractivity contribution in [2.75, 3.05) is 0 Å². The molecular formula is C11H20N+. The van der Waals surface area contributed by atoms with Gasteiger partial charge in [0.25, 0.3) is 0 Å². The van der Waals surface area contributed by atoms with E-state index >= 15 is 0 Å². The summed E-state index contributed by atoms with van der Waals surface area (Å²) in [7, 11) is 2.04. The second kappa shape index (κ2) is 4.91. The molecule has 0 saturated carbocycles. The monoisotopic (exact) mass is 166 g/mol. The van der Waals surface area contributed by atoms with E-state index in [9.17, 15) is 0 Å². The lowest BCUT2D eigenvalue weighted by atomic mass is 10.0. The normalized spacial score (nSPS) is 11.9. The van der Waals surface area contributed by atoms with Gasteiger partial charge in [0.05, 0.1) is 0 Å². The molecule has 0 bridgehead atoms. The molecule has 1 heteroatoms.